The second-order valence-corrected chi connectivity index (χ2v) is 6.08. The summed E-state index contributed by atoms with van der Waals surface area (Å²) in [6, 6.07) is 13.8. The van der Waals surface area contributed by atoms with E-state index in [0.29, 0.717) is 0 Å². The van der Waals surface area contributed by atoms with E-state index in [4.69, 9.17) is 17.3 Å². The maximum atomic E-state index is 12.2. The Labute approximate surface area is 117 Å². The lowest BCUT2D eigenvalue weighted by Crippen LogP contribution is -2.24. The van der Waals surface area contributed by atoms with Crippen LogP contribution >= 0.6 is 11.6 Å². The van der Waals surface area contributed by atoms with E-state index in [1.807, 2.05) is 30.3 Å². The number of nitrogens with one attached hydrogen (secondary N) is 1. The van der Waals surface area contributed by atoms with Gasteiger partial charge in [-0.1, -0.05) is 48.0 Å². The number of rotatable bonds is 4. The molecular formula is C13H13ClN2O2S. The molecule has 0 amide bonds. The molecule has 0 aliphatic rings. The van der Waals surface area contributed by atoms with Crippen LogP contribution < -0.4 is 10.5 Å². The van der Waals surface area contributed by atoms with Crippen LogP contribution in [0.2, 0.25) is 5.02 Å². The number of hydrogen-bond acceptors (Lipinski definition) is 3. The van der Waals surface area contributed by atoms with Crippen molar-refractivity contribution in [3.05, 3.63) is 59.1 Å². The number of sulfonamides is 1. The standard InChI is InChI=1S/C13H13ClN2O2S/c14-11-7-4-8-12(15)13(11)19(17,18)16-9-10-5-2-1-3-6-10/h1-8,16H,9,15H2. The average Bonchev–Trinajstić information content (AvgIpc) is 2.37. The molecule has 100 valence electrons. The third-order valence-corrected chi connectivity index (χ3v) is 4.52. The fourth-order valence-electron chi connectivity index (χ4n) is 1.66. The molecule has 0 aliphatic heterocycles. The summed E-state index contributed by atoms with van der Waals surface area (Å²) in [6.07, 6.45) is 0. The minimum Gasteiger partial charge on any atom is -0.398 e. The molecule has 0 saturated heterocycles. The maximum absolute atomic E-state index is 12.2. The summed E-state index contributed by atoms with van der Waals surface area (Å²) in [7, 11) is -3.73. The van der Waals surface area contributed by atoms with Gasteiger partial charge in [-0.3, -0.25) is 0 Å². The fraction of sp³-hybridized carbons (Fsp3) is 0.0769. The van der Waals surface area contributed by atoms with E-state index in [1.54, 1.807) is 6.07 Å². The minimum atomic E-state index is -3.73. The van der Waals surface area contributed by atoms with E-state index in [2.05, 4.69) is 4.72 Å². The molecule has 0 aromatic heterocycles. The summed E-state index contributed by atoms with van der Waals surface area (Å²) < 4.78 is 26.8. The number of halogens is 1. The highest BCUT2D eigenvalue weighted by Gasteiger charge is 2.20. The molecule has 3 N–H and O–H groups in total. The Bertz CT molecular complexity index is 652. The zero-order valence-electron chi connectivity index (χ0n) is 10.0. The molecule has 4 nitrogen and oxygen atoms in total. The van der Waals surface area contributed by atoms with Gasteiger partial charge in [-0.15, -0.1) is 0 Å². The fourth-order valence-corrected chi connectivity index (χ4v) is 3.35. The van der Waals surface area contributed by atoms with Crippen LogP contribution in [0, 0.1) is 0 Å². The first-order chi connectivity index (χ1) is 9.00. The van der Waals surface area contributed by atoms with Crippen molar-refractivity contribution in [3.8, 4) is 0 Å². The van der Waals surface area contributed by atoms with Crippen molar-refractivity contribution in [1.29, 1.82) is 0 Å². The molecule has 2 rings (SSSR count). The monoisotopic (exact) mass is 296 g/mol. The predicted molar refractivity (Wildman–Crippen MR) is 76.3 cm³/mol. The first kappa shape index (κ1) is 13.9. The van der Waals surface area contributed by atoms with Crippen molar-refractivity contribution < 1.29 is 8.42 Å². The molecule has 0 saturated carbocycles. The number of nitrogen functional groups attached to an aromatic ring is 1. The van der Waals surface area contributed by atoms with E-state index < -0.39 is 10.0 Å². The third kappa shape index (κ3) is 3.26. The smallest absolute Gasteiger partial charge is 0.244 e. The lowest BCUT2D eigenvalue weighted by molar-refractivity contribution is 0.582. The van der Waals surface area contributed by atoms with E-state index in [0.717, 1.165) is 5.56 Å². The van der Waals surface area contributed by atoms with Gasteiger partial charge < -0.3 is 5.73 Å². The summed E-state index contributed by atoms with van der Waals surface area (Å²) in [4.78, 5) is -0.0763. The Morgan fingerprint density at radius 1 is 1.05 bits per heavy atom. The molecule has 2 aromatic carbocycles. The van der Waals surface area contributed by atoms with Crippen LogP contribution in [-0.2, 0) is 16.6 Å². The molecule has 0 unspecified atom stereocenters. The number of hydrogen-bond donors (Lipinski definition) is 2. The summed E-state index contributed by atoms with van der Waals surface area (Å²) in [5.74, 6) is 0. The molecule has 0 heterocycles. The van der Waals surface area contributed by atoms with Crippen molar-refractivity contribution >= 4 is 27.3 Å². The summed E-state index contributed by atoms with van der Waals surface area (Å²) in [5, 5.41) is 0.112. The van der Waals surface area contributed by atoms with Crippen molar-refractivity contribution in [2.45, 2.75) is 11.4 Å². The molecule has 0 spiro atoms. The normalized spacial score (nSPS) is 11.4. The topological polar surface area (TPSA) is 72.2 Å². The molecule has 0 aliphatic carbocycles. The largest absolute Gasteiger partial charge is 0.398 e. The number of nitrogens with two attached hydrogens (primary N) is 1. The number of benzene rings is 2. The van der Waals surface area contributed by atoms with Crippen LogP contribution in [0.5, 0.6) is 0 Å². The van der Waals surface area contributed by atoms with Crippen LogP contribution in [0.3, 0.4) is 0 Å². The Morgan fingerprint density at radius 2 is 1.74 bits per heavy atom. The van der Waals surface area contributed by atoms with Gasteiger partial charge in [0.2, 0.25) is 10.0 Å². The van der Waals surface area contributed by atoms with Gasteiger partial charge in [0.05, 0.1) is 10.7 Å². The van der Waals surface area contributed by atoms with Crippen molar-refractivity contribution in [2.24, 2.45) is 0 Å². The lowest BCUT2D eigenvalue weighted by Gasteiger charge is -2.10. The van der Waals surface area contributed by atoms with Gasteiger partial charge in [0.15, 0.2) is 0 Å². The van der Waals surface area contributed by atoms with Crippen LogP contribution in [0.1, 0.15) is 5.56 Å². The molecule has 0 bridgehead atoms. The van der Waals surface area contributed by atoms with Crippen molar-refractivity contribution in [1.82, 2.24) is 4.72 Å². The Balaban J connectivity index is 2.24. The van der Waals surface area contributed by atoms with Crippen LogP contribution in [0.25, 0.3) is 0 Å². The Kier molecular flexibility index (Phi) is 4.09. The predicted octanol–water partition coefficient (Wildman–Crippen LogP) is 2.40. The SMILES string of the molecule is Nc1cccc(Cl)c1S(=O)(=O)NCc1ccccc1. The van der Waals surface area contributed by atoms with Crippen LogP contribution in [-0.4, -0.2) is 8.42 Å². The maximum Gasteiger partial charge on any atom is 0.244 e. The first-order valence-electron chi connectivity index (χ1n) is 5.58. The Morgan fingerprint density at radius 3 is 2.37 bits per heavy atom. The molecule has 6 heteroatoms. The van der Waals surface area contributed by atoms with Crippen molar-refractivity contribution in [2.75, 3.05) is 5.73 Å². The molecule has 0 atom stereocenters. The van der Waals surface area contributed by atoms with E-state index in [9.17, 15) is 8.42 Å². The van der Waals surface area contributed by atoms with Gasteiger partial charge in [0.25, 0.3) is 0 Å². The highest BCUT2D eigenvalue weighted by Crippen LogP contribution is 2.26. The van der Waals surface area contributed by atoms with Crippen LogP contribution in [0.15, 0.2) is 53.4 Å². The first-order valence-corrected chi connectivity index (χ1v) is 7.44. The van der Waals surface area contributed by atoms with Gasteiger partial charge in [0.1, 0.15) is 4.90 Å². The quantitative estimate of drug-likeness (QED) is 0.851. The zero-order chi connectivity index (χ0) is 13.9. The highest BCUT2D eigenvalue weighted by atomic mass is 35.5. The minimum absolute atomic E-state index is 0.0763. The summed E-state index contributed by atoms with van der Waals surface area (Å²) in [6.45, 7) is 0.188. The molecular weight excluding hydrogens is 284 g/mol. The van der Waals surface area contributed by atoms with Crippen LogP contribution in [0.4, 0.5) is 5.69 Å². The van der Waals surface area contributed by atoms with E-state index in [1.165, 1.54) is 12.1 Å². The van der Waals surface area contributed by atoms with E-state index in [-0.39, 0.29) is 22.2 Å². The molecule has 19 heavy (non-hydrogen) atoms. The molecule has 0 radical (unpaired) electrons. The third-order valence-electron chi connectivity index (χ3n) is 2.58. The molecule has 2 aromatic rings. The van der Waals surface area contributed by atoms with Gasteiger partial charge in [-0.25, -0.2) is 13.1 Å². The van der Waals surface area contributed by atoms with Gasteiger partial charge >= 0.3 is 0 Å². The Hall–Kier alpha value is -1.56. The second-order valence-electron chi connectivity index (χ2n) is 3.97. The number of anilines is 1. The van der Waals surface area contributed by atoms with Gasteiger partial charge in [-0.05, 0) is 17.7 Å². The van der Waals surface area contributed by atoms with E-state index >= 15 is 0 Å². The zero-order valence-corrected chi connectivity index (χ0v) is 11.6. The average molecular weight is 297 g/mol. The molecule has 0 fully saturated rings. The highest BCUT2D eigenvalue weighted by molar-refractivity contribution is 7.89. The summed E-state index contributed by atoms with van der Waals surface area (Å²) >= 11 is 5.90. The second kappa shape index (κ2) is 5.61. The van der Waals surface area contributed by atoms with Crippen molar-refractivity contribution in [3.63, 3.8) is 0 Å². The summed E-state index contributed by atoms with van der Waals surface area (Å²) in [5.41, 5.74) is 6.66. The van der Waals surface area contributed by atoms with Gasteiger partial charge in [0, 0.05) is 6.54 Å². The lowest BCUT2D eigenvalue weighted by atomic mass is 10.2. The van der Waals surface area contributed by atoms with Gasteiger partial charge in [-0.2, -0.15) is 0 Å².